The van der Waals surface area contributed by atoms with Crippen LogP contribution in [-0.4, -0.2) is 20.1 Å². The summed E-state index contributed by atoms with van der Waals surface area (Å²) in [7, 11) is 0. The summed E-state index contributed by atoms with van der Waals surface area (Å²) in [5.41, 5.74) is 2.98. The quantitative estimate of drug-likeness (QED) is 0.496. The summed E-state index contributed by atoms with van der Waals surface area (Å²) in [6.07, 6.45) is 0. The van der Waals surface area contributed by atoms with E-state index in [0.717, 1.165) is 27.9 Å². The Hall–Kier alpha value is -2.42. The lowest BCUT2D eigenvalue weighted by atomic mass is 10.2. The molecular weight excluding hydrogens is 412 g/mol. The van der Waals surface area contributed by atoms with Gasteiger partial charge in [-0.2, -0.15) is 0 Å². The zero-order valence-corrected chi connectivity index (χ0v) is 17.1. The van der Waals surface area contributed by atoms with Crippen LogP contribution in [0.2, 0.25) is 0 Å². The molecule has 26 heavy (non-hydrogen) atoms. The Labute approximate surface area is 166 Å². The van der Waals surface area contributed by atoms with Crippen molar-refractivity contribution in [2.24, 2.45) is 0 Å². The topological polar surface area (TPSA) is 82.5 Å². The first kappa shape index (κ1) is 19.9. The molecule has 8 heteroatoms. The summed E-state index contributed by atoms with van der Waals surface area (Å²) in [5.74, 6) is 0.771. The van der Waals surface area contributed by atoms with E-state index in [0.29, 0.717) is 0 Å². The number of hydrogen-bond donors (Lipinski definition) is 1. The largest absolute Gasteiger partial charge is 0.344 e. The van der Waals surface area contributed by atoms with Gasteiger partial charge in [0.2, 0.25) is 0 Å². The van der Waals surface area contributed by atoms with E-state index in [4.69, 9.17) is 4.98 Å². The number of aromatic nitrogens is 5. The van der Waals surface area contributed by atoms with E-state index in [1.165, 1.54) is 4.88 Å². The molecule has 2 heterocycles. The molecule has 4 rings (SSSR count). The van der Waals surface area contributed by atoms with Crippen molar-refractivity contribution in [1.29, 1.82) is 0 Å². The van der Waals surface area contributed by atoms with E-state index in [1.807, 2.05) is 72.3 Å². The third-order valence-corrected chi connectivity index (χ3v) is 4.88. The number of nitrogens with zero attached hydrogens (tertiary/aromatic N) is 5. The van der Waals surface area contributed by atoms with E-state index >= 15 is 0 Å². The smallest absolute Gasteiger partial charge is 0.313 e. The van der Waals surface area contributed by atoms with E-state index in [1.54, 1.807) is 16.1 Å². The zero-order chi connectivity index (χ0) is 16.5. The molecule has 6 nitrogen and oxygen atoms in total. The van der Waals surface area contributed by atoms with Gasteiger partial charge in [-0.15, -0.1) is 22.0 Å². The molecule has 2 aromatic heterocycles. The van der Waals surface area contributed by atoms with Gasteiger partial charge in [0, 0.05) is 10.4 Å². The maximum Gasteiger partial charge on any atom is 0.313 e. The molecule has 2 aromatic carbocycles. The van der Waals surface area contributed by atoms with Crippen LogP contribution >= 0.6 is 28.3 Å². The second-order valence-corrected chi connectivity index (χ2v) is 6.64. The van der Waals surface area contributed by atoms with Crippen molar-refractivity contribution in [2.45, 2.75) is 13.8 Å². The van der Waals surface area contributed by atoms with Crippen LogP contribution in [-0.2, 0) is 0 Å². The van der Waals surface area contributed by atoms with Crippen molar-refractivity contribution in [1.82, 2.24) is 26.2 Å². The minimum atomic E-state index is 0. The van der Waals surface area contributed by atoms with Gasteiger partial charge in [0.15, 0.2) is 0 Å². The maximum absolute atomic E-state index is 4.71. The van der Waals surface area contributed by atoms with Crippen molar-refractivity contribution in [3.8, 4) is 22.2 Å². The number of rotatable bonds is 3. The van der Waals surface area contributed by atoms with Gasteiger partial charge in [-0.3, -0.25) is 0 Å². The number of thiazole rings is 1. The van der Waals surface area contributed by atoms with Gasteiger partial charge in [-0.25, -0.2) is 0 Å². The Bertz CT molecular complexity index is 905. The minimum absolute atomic E-state index is 0. The van der Waals surface area contributed by atoms with Gasteiger partial charge in [0.05, 0.1) is 5.10 Å². The Morgan fingerprint density at radius 3 is 2.12 bits per heavy atom. The average molecular weight is 432 g/mol. The van der Waals surface area contributed by atoms with Gasteiger partial charge in [0.1, 0.15) is 16.6 Å². The highest BCUT2D eigenvalue weighted by atomic mass is 79.9. The fourth-order valence-electron chi connectivity index (χ4n) is 2.47. The maximum atomic E-state index is 4.71. The summed E-state index contributed by atoms with van der Waals surface area (Å²) in [6, 6.07) is 20.0. The van der Waals surface area contributed by atoms with Gasteiger partial charge >= 0.3 is 11.0 Å². The molecule has 0 spiro atoms. The second kappa shape index (κ2) is 8.31. The molecule has 4 aromatic rings. The third kappa shape index (κ3) is 3.57. The molecule has 0 saturated carbocycles. The summed E-state index contributed by atoms with van der Waals surface area (Å²) in [5, 5.41) is 9.65. The fourth-order valence-corrected chi connectivity index (χ4v) is 3.37. The molecule has 0 saturated heterocycles. The van der Waals surface area contributed by atoms with E-state index < -0.39 is 0 Å². The highest BCUT2D eigenvalue weighted by Crippen LogP contribution is 2.20. The second-order valence-electron chi connectivity index (χ2n) is 5.45. The predicted molar refractivity (Wildman–Crippen MR) is 109 cm³/mol. The molecule has 134 valence electrons. The van der Waals surface area contributed by atoms with Crippen LogP contribution in [0.3, 0.4) is 0 Å². The first-order valence-corrected chi connectivity index (χ1v) is 8.49. The van der Waals surface area contributed by atoms with Crippen LogP contribution in [0.15, 0.2) is 60.7 Å². The zero-order valence-electron chi connectivity index (χ0n) is 14.5. The van der Waals surface area contributed by atoms with E-state index in [2.05, 4.69) is 17.2 Å². The van der Waals surface area contributed by atoms with E-state index in [-0.39, 0.29) is 23.1 Å². The molecule has 0 aliphatic heterocycles. The van der Waals surface area contributed by atoms with Crippen LogP contribution in [0.4, 0.5) is 0 Å². The van der Waals surface area contributed by atoms with Crippen LogP contribution < -0.4 is 10.8 Å². The van der Waals surface area contributed by atoms with Gasteiger partial charge in [-0.05, 0) is 42.9 Å². The van der Waals surface area contributed by atoms with Crippen molar-refractivity contribution in [3.63, 3.8) is 0 Å². The van der Waals surface area contributed by atoms with Crippen LogP contribution in [0, 0.1) is 13.8 Å². The van der Waals surface area contributed by atoms with Crippen molar-refractivity contribution < 1.29 is 4.68 Å². The van der Waals surface area contributed by atoms with Crippen LogP contribution in [0.25, 0.3) is 22.2 Å². The van der Waals surface area contributed by atoms with Gasteiger partial charge in [-0.1, -0.05) is 52.4 Å². The van der Waals surface area contributed by atoms with Gasteiger partial charge in [0.25, 0.3) is 0 Å². The van der Waals surface area contributed by atoms with Crippen molar-refractivity contribution >= 4 is 28.3 Å². The monoisotopic (exact) mass is 431 g/mol. The van der Waals surface area contributed by atoms with Crippen LogP contribution in [0.1, 0.15) is 10.6 Å². The number of aryl methyl sites for hydroxylation is 2. The number of tetrazole rings is 1. The van der Waals surface area contributed by atoms with Gasteiger partial charge < -0.3 is 6.15 Å². The molecule has 0 aliphatic carbocycles. The first-order valence-electron chi connectivity index (χ1n) is 7.67. The lowest BCUT2D eigenvalue weighted by molar-refractivity contribution is -0.669. The summed E-state index contributed by atoms with van der Waals surface area (Å²) in [4.78, 5) is 7.69. The standard InChI is InChI=1S/C18H16N5S.BrH.H3N/c1-13-14(2)24-18(19-13)22-17(15-9-5-3-6-10-15)20-21-23(22)16-11-7-4-8-12-16;;/h3-12H,1-2H3;1H;1H3/q+1;;. The molecule has 0 amide bonds. The SMILES string of the molecule is Br.Cc1nc(-[n+]2c(-c3ccccc3)nnn2-c2ccccc2)sc1C.N. The summed E-state index contributed by atoms with van der Waals surface area (Å²) >= 11 is 1.64. The molecule has 0 aliphatic rings. The highest BCUT2D eigenvalue weighted by molar-refractivity contribution is 8.93. The molecule has 0 radical (unpaired) electrons. The lowest BCUT2D eigenvalue weighted by Crippen LogP contribution is -2.42. The highest BCUT2D eigenvalue weighted by Gasteiger charge is 2.26. The number of benzene rings is 2. The number of halogens is 1. The molecule has 0 fully saturated rings. The first-order chi connectivity index (χ1) is 11.7. The van der Waals surface area contributed by atoms with Crippen molar-refractivity contribution in [2.75, 3.05) is 0 Å². The number of hydrogen-bond acceptors (Lipinski definition) is 5. The Morgan fingerprint density at radius 1 is 0.923 bits per heavy atom. The van der Waals surface area contributed by atoms with Crippen LogP contribution in [0.5, 0.6) is 0 Å². The normalized spacial score (nSPS) is 10.1. The van der Waals surface area contributed by atoms with Crippen molar-refractivity contribution in [3.05, 3.63) is 71.2 Å². The molecule has 3 N–H and O–H groups in total. The Balaban J connectivity index is 0.00000121. The fraction of sp³-hybridized carbons (Fsp3) is 0.111. The summed E-state index contributed by atoms with van der Waals surface area (Å²) in [6.45, 7) is 4.10. The Morgan fingerprint density at radius 2 is 1.54 bits per heavy atom. The number of para-hydroxylation sites is 1. The Kier molecular flexibility index (Phi) is 6.36. The summed E-state index contributed by atoms with van der Waals surface area (Å²) < 4.78 is 1.97. The van der Waals surface area contributed by atoms with E-state index in [9.17, 15) is 0 Å². The molecule has 0 atom stereocenters. The minimum Gasteiger partial charge on any atom is -0.344 e. The molecular formula is C18H20BrN6S+. The lowest BCUT2D eigenvalue weighted by Gasteiger charge is -2.02. The molecule has 0 unspecified atom stereocenters. The third-order valence-electron chi connectivity index (χ3n) is 3.83. The predicted octanol–water partition coefficient (Wildman–Crippen LogP) is 4.02. The average Bonchev–Trinajstić information content (AvgIpc) is 3.20. The molecule has 0 bridgehead atoms.